The molecule has 0 bridgehead atoms. The summed E-state index contributed by atoms with van der Waals surface area (Å²) in [5, 5.41) is 2.83. The van der Waals surface area contributed by atoms with Crippen molar-refractivity contribution in [3.8, 4) is 5.75 Å². The number of piperazine rings is 1. The molecule has 27 heavy (non-hydrogen) atoms. The monoisotopic (exact) mass is 368 g/mol. The Morgan fingerprint density at radius 1 is 1.07 bits per heavy atom. The van der Waals surface area contributed by atoms with Crippen molar-refractivity contribution >= 4 is 17.4 Å². The number of pyridine rings is 1. The first-order chi connectivity index (χ1) is 13.2. The number of amides is 1. The standard InChI is InChI=1S/C21H28N4O2/c1-3-17-5-8-19(9-6-17)27-16-21(26)23-18-7-10-20(22-15-18)25-13-11-24(4-2)12-14-25/h5-10,15H,3-4,11-14,16H2,1-2H3,(H,23,26). The molecule has 6 heteroatoms. The molecule has 1 aliphatic rings. The maximum absolute atomic E-state index is 12.1. The zero-order valence-corrected chi connectivity index (χ0v) is 16.1. The number of hydrogen-bond donors (Lipinski definition) is 1. The van der Waals surface area contributed by atoms with Crippen LogP contribution in [0.4, 0.5) is 11.5 Å². The molecule has 2 aromatic rings. The third-order valence-corrected chi connectivity index (χ3v) is 4.88. The molecule has 144 valence electrons. The zero-order chi connectivity index (χ0) is 19.1. The van der Waals surface area contributed by atoms with Gasteiger partial charge in [0.2, 0.25) is 0 Å². The number of carbonyl (C=O) groups is 1. The molecule has 6 nitrogen and oxygen atoms in total. The number of rotatable bonds is 7. The number of aromatic nitrogens is 1. The van der Waals surface area contributed by atoms with Crippen molar-refractivity contribution in [1.29, 1.82) is 0 Å². The first kappa shape index (κ1) is 19.2. The highest BCUT2D eigenvalue weighted by Gasteiger charge is 2.16. The topological polar surface area (TPSA) is 57.7 Å². The van der Waals surface area contributed by atoms with Crippen LogP contribution in [0.2, 0.25) is 0 Å². The van der Waals surface area contributed by atoms with Gasteiger partial charge in [-0.3, -0.25) is 4.79 Å². The Morgan fingerprint density at radius 3 is 2.41 bits per heavy atom. The van der Waals surface area contributed by atoms with Crippen molar-refractivity contribution in [2.24, 2.45) is 0 Å². The average Bonchev–Trinajstić information content (AvgIpc) is 2.73. The second kappa shape index (κ2) is 9.37. The Labute approximate surface area is 161 Å². The van der Waals surface area contributed by atoms with Crippen molar-refractivity contribution in [1.82, 2.24) is 9.88 Å². The van der Waals surface area contributed by atoms with Crippen LogP contribution >= 0.6 is 0 Å². The summed E-state index contributed by atoms with van der Waals surface area (Å²) >= 11 is 0. The van der Waals surface area contributed by atoms with Crippen LogP contribution in [0.25, 0.3) is 0 Å². The van der Waals surface area contributed by atoms with Gasteiger partial charge in [0.15, 0.2) is 6.61 Å². The van der Waals surface area contributed by atoms with Gasteiger partial charge in [-0.1, -0.05) is 26.0 Å². The Kier molecular flexibility index (Phi) is 6.65. The fourth-order valence-corrected chi connectivity index (χ4v) is 3.11. The van der Waals surface area contributed by atoms with Crippen LogP contribution in [0.15, 0.2) is 42.6 Å². The van der Waals surface area contributed by atoms with E-state index in [9.17, 15) is 4.79 Å². The summed E-state index contributed by atoms with van der Waals surface area (Å²) in [5.41, 5.74) is 1.93. The second-order valence-electron chi connectivity index (χ2n) is 6.66. The molecule has 0 aliphatic carbocycles. The lowest BCUT2D eigenvalue weighted by Gasteiger charge is -2.34. The van der Waals surface area contributed by atoms with Crippen LogP contribution in [-0.4, -0.2) is 55.1 Å². The summed E-state index contributed by atoms with van der Waals surface area (Å²) in [4.78, 5) is 21.3. The highest BCUT2D eigenvalue weighted by molar-refractivity contribution is 5.91. The minimum Gasteiger partial charge on any atom is -0.484 e. The summed E-state index contributed by atoms with van der Waals surface area (Å²) in [6.45, 7) is 9.46. The van der Waals surface area contributed by atoms with E-state index in [0.717, 1.165) is 45.0 Å². The molecule has 0 radical (unpaired) electrons. The van der Waals surface area contributed by atoms with Crippen molar-refractivity contribution in [2.75, 3.05) is 49.5 Å². The summed E-state index contributed by atoms with van der Waals surface area (Å²) in [5.74, 6) is 1.46. The van der Waals surface area contributed by atoms with Gasteiger partial charge in [0, 0.05) is 26.2 Å². The number of hydrogen-bond acceptors (Lipinski definition) is 5. The molecule has 1 saturated heterocycles. The number of benzene rings is 1. The molecule has 1 fully saturated rings. The van der Waals surface area contributed by atoms with Gasteiger partial charge in [-0.2, -0.15) is 0 Å². The Morgan fingerprint density at radius 2 is 1.81 bits per heavy atom. The van der Waals surface area contributed by atoms with Crippen LogP contribution in [0.3, 0.4) is 0 Å². The molecule has 1 aliphatic heterocycles. The van der Waals surface area contributed by atoms with Gasteiger partial charge in [-0.05, 0) is 42.8 Å². The molecule has 1 aromatic heterocycles. The lowest BCUT2D eigenvalue weighted by molar-refractivity contribution is -0.118. The number of aryl methyl sites for hydroxylation is 1. The molecule has 0 atom stereocenters. The fourth-order valence-electron chi connectivity index (χ4n) is 3.11. The predicted molar refractivity (Wildman–Crippen MR) is 109 cm³/mol. The summed E-state index contributed by atoms with van der Waals surface area (Å²) < 4.78 is 5.53. The SMILES string of the molecule is CCc1ccc(OCC(=O)Nc2ccc(N3CCN(CC)CC3)nc2)cc1. The van der Waals surface area contributed by atoms with Crippen molar-refractivity contribution in [3.05, 3.63) is 48.2 Å². The van der Waals surface area contributed by atoms with E-state index >= 15 is 0 Å². The predicted octanol–water partition coefficient (Wildman–Crippen LogP) is 2.80. The Hall–Kier alpha value is -2.60. The normalized spacial score (nSPS) is 14.8. The lowest BCUT2D eigenvalue weighted by atomic mass is 10.2. The smallest absolute Gasteiger partial charge is 0.262 e. The summed E-state index contributed by atoms with van der Waals surface area (Å²) in [6, 6.07) is 11.7. The highest BCUT2D eigenvalue weighted by Crippen LogP contribution is 2.16. The Balaban J connectivity index is 1.46. The number of carbonyl (C=O) groups excluding carboxylic acids is 1. The van der Waals surface area contributed by atoms with Crippen LogP contribution in [0.1, 0.15) is 19.4 Å². The van der Waals surface area contributed by atoms with E-state index in [1.54, 1.807) is 6.20 Å². The summed E-state index contributed by atoms with van der Waals surface area (Å²) in [6.07, 6.45) is 2.69. The van der Waals surface area contributed by atoms with Gasteiger partial charge in [0.25, 0.3) is 5.91 Å². The molecular weight excluding hydrogens is 340 g/mol. The van der Waals surface area contributed by atoms with Gasteiger partial charge >= 0.3 is 0 Å². The minimum atomic E-state index is -0.194. The molecule has 1 aromatic carbocycles. The van der Waals surface area contributed by atoms with E-state index in [0.29, 0.717) is 11.4 Å². The summed E-state index contributed by atoms with van der Waals surface area (Å²) in [7, 11) is 0. The molecule has 0 saturated carbocycles. The number of nitrogens with zero attached hydrogens (tertiary/aromatic N) is 3. The molecule has 0 unspecified atom stereocenters. The molecular formula is C21H28N4O2. The van der Waals surface area contributed by atoms with Crippen molar-refractivity contribution in [2.45, 2.75) is 20.3 Å². The first-order valence-electron chi connectivity index (χ1n) is 9.63. The van der Waals surface area contributed by atoms with Gasteiger partial charge in [-0.15, -0.1) is 0 Å². The molecule has 2 heterocycles. The number of ether oxygens (including phenoxy) is 1. The van der Waals surface area contributed by atoms with Crippen LogP contribution in [0.5, 0.6) is 5.75 Å². The maximum atomic E-state index is 12.1. The molecule has 1 N–H and O–H groups in total. The number of likely N-dealkylation sites (N-methyl/N-ethyl adjacent to an activating group) is 1. The molecule has 1 amide bonds. The zero-order valence-electron chi connectivity index (χ0n) is 16.1. The quantitative estimate of drug-likeness (QED) is 0.814. The van der Waals surface area contributed by atoms with E-state index in [1.165, 1.54) is 5.56 Å². The number of anilines is 2. The van der Waals surface area contributed by atoms with Crippen molar-refractivity contribution in [3.63, 3.8) is 0 Å². The average molecular weight is 368 g/mol. The van der Waals surface area contributed by atoms with E-state index < -0.39 is 0 Å². The van der Waals surface area contributed by atoms with E-state index in [4.69, 9.17) is 4.74 Å². The molecule has 0 spiro atoms. The maximum Gasteiger partial charge on any atom is 0.262 e. The second-order valence-corrected chi connectivity index (χ2v) is 6.66. The van der Waals surface area contributed by atoms with Crippen LogP contribution in [0, 0.1) is 0 Å². The van der Waals surface area contributed by atoms with Gasteiger partial charge in [0.05, 0.1) is 11.9 Å². The third kappa shape index (κ3) is 5.44. The Bertz CT molecular complexity index is 723. The van der Waals surface area contributed by atoms with Crippen molar-refractivity contribution < 1.29 is 9.53 Å². The highest BCUT2D eigenvalue weighted by atomic mass is 16.5. The third-order valence-electron chi connectivity index (χ3n) is 4.88. The van der Waals surface area contributed by atoms with Crippen LogP contribution in [-0.2, 0) is 11.2 Å². The van der Waals surface area contributed by atoms with Crippen LogP contribution < -0.4 is 15.0 Å². The van der Waals surface area contributed by atoms with E-state index in [2.05, 4.69) is 33.9 Å². The number of nitrogens with one attached hydrogen (secondary N) is 1. The van der Waals surface area contributed by atoms with Gasteiger partial charge in [0.1, 0.15) is 11.6 Å². The van der Waals surface area contributed by atoms with Gasteiger partial charge in [-0.25, -0.2) is 4.98 Å². The first-order valence-corrected chi connectivity index (χ1v) is 9.63. The minimum absolute atomic E-state index is 0.0216. The van der Waals surface area contributed by atoms with E-state index in [-0.39, 0.29) is 12.5 Å². The fraction of sp³-hybridized carbons (Fsp3) is 0.429. The lowest BCUT2D eigenvalue weighted by Crippen LogP contribution is -2.46. The molecule has 3 rings (SSSR count). The van der Waals surface area contributed by atoms with Gasteiger partial charge < -0.3 is 19.9 Å². The van der Waals surface area contributed by atoms with E-state index in [1.807, 2.05) is 36.4 Å². The largest absolute Gasteiger partial charge is 0.484 e.